The van der Waals surface area contributed by atoms with Gasteiger partial charge in [0.2, 0.25) is 0 Å². The molecule has 1 aromatic heterocycles. The lowest BCUT2D eigenvalue weighted by atomic mass is 10.2. The predicted octanol–water partition coefficient (Wildman–Crippen LogP) is 1.26. The van der Waals surface area contributed by atoms with Crippen LogP contribution < -0.4 is 10.6 Å². The van der Waals surface area contributed by atoms with Crippen molar-refractivity contribution < 1.29 is 0 Å². The zero-order valence-corrected chi connectivity index (χ0v) is 8.27. The van der Waals surface area contributed by atoms with Crippen molar-refractivity contribution in [2.75, 3.05) is 18.5 Å². The van der Waals surface area contributed by atoms with Crippen molar-refractivity contribution in [3.63, 3.8) is 0 Å². The van der Waals surface area contributed by atoms with Crippen molar-refractivity contribution in [1.29, 1.82) is 0 Å². The zero-order chi connectivity index (χ0) is 9.68. The SMILES string of the molecule is CC(CCN)N(C)c1ccncc1. The van der Waals surface area contributed by atoms with Gasteiger partial charge in [0, 0.05) is 31.2 Å². The molecule has 0 aliphatic heterocycles. The predicted molar refractivity (Wildman–Crippen MR) is 55.8 cm³/mol. The molecule has 13 heavy (non-hydrogen) atoms. The van der Waals surface area contributed by atoms with E-state index in [2.05, 4.69) is 23.9 Å². The van der Waals surface area contributed by atoms with E-state index in [1.165, 1.54) is 5.69 Å². The van der Waals surface area contributed by atoms with Gasteiger partial charge in [0.1, 0.15) is 0 Å². The highest BCUT2D eigenvalue weighted by atomic mass is 15.1. The fourth-order valence-corrected chi connectivity index (χ4v) is 1.27. The first-order valence-electron chi connectivity index (χ1n) is 4.58. The Morgan fingerprint density at radius 3 is 2.62 bits per heavy atom. The van der Waals surface area contributed by atoms with E-state index < -0.39 is 0 Å². The van der Waals surface area contributed by atoms with Crippen LogP contribution in [0.5, 0.6) is 0 Å². The molecule has 1 atom stereocenters. The third kappa shape index (κ3) is 2.70. The lowest BCUT2D eigenvalue weighted by Crippen LogP contribution is -2.30. The minimum atomic E-state index is 0.479. The zero-order valence-electron chi connectivity index (χ0n) is 8.27. The summed E-state index contributed by atoms with van der Waals surface area (Å²) in [5, 5.41) is 0. The van der Waals surface area contributed by atoms with E-state index in [0.717, 1.165) is 13.0 Å². The molecule has 0 bridgehead atoms. The van der Waals surface area contributed by atoms with E-state index in [0.29, 0.717) is 6.04 Å². The number of nitrogens with zero attached hydrogens (tertiary/aromatic N) is 2. The van der Waals surface area contributed by atoms with Gasteiger partial charge in [-0.2, -0.15) is 0 Å². The Balaban J connectivity index is 2.62. The molecule has 0 spiro atoms. The average molecular weight is 179 g/mol. The van der Waals surface area contributed by atoms with Crippen LogP contribution in [0, 0.1) is 0 Å². The van der Waals surface area contributed by atoms with Crippen LogP contribution in [0.2, 0.25) is 0 Å². The van der Waals surface area contributed by atoms with Crippen molar-refractivity contribution in [2.45, 2.75) is 19.4 Å². The quantitative estimate of drug-likeness (QED) is 0.756. The second kappa shape index (κ2) is 4.82. The van der Waals surface area contributed by atoms with Crippen molar-refractivity contribution in [1.82, 2.24) is 4.98 Å². The summed E-state index contributed by atoms with van der Waals surface area (Å²) in [5.74, 6) is 0. The second-order valence-corrected chi connectivity index (χ2v) is 3.24. The molecule has 2 N–H and O–H groups in total. The van der Waals surface area contributed by atoms with E-state index in [1.54, 1.807) is 12.4 Å². The average Bonchev–Trinajstić information content (AvgIpc) is 2.18. The molecule has 0 aromatic carbocycles. The first-order chi connectivity index (χ1) is 6.25. The first kappa shape index (κ1) is 9.99. The van der Waals surface area contributed by atoms with Gasteiger partial charge in [-0.15, -0.1) is 0 Å². The largest absolute Gasteiger partial charge is 0.372 e. The maximum Gasteiger partial charge on any atom is 0.0396 e. The third-order valence-electron chi connectivity index (χ3n) is 2.32. The molecular formula is C10H17N3. The first-order valence-corrected chi connectivity index (χ1v) is 4.58. The molecule has 0 radical (unpaired) electrons. The molecular weight excluding hydrogens is 162 g/mol. The van der Waals surface area contributed by atoms with Crippen LogP contribution in [0.1, 0.15) is 13.3 Å². The topological polar surface area (TPSA) is 42.1 Å². The Kier molecular flexibility index (Phi) is 3.71. The Labute approximate surface area is 79.6 Å². The molecule has 0 fully saturated rings. The van der Waals surface area contributed by atoms with Gasteiger partial charge in [0.15, 0.2) is 0 Å². The van der Waals surface area contributed by atoms with Gasteiger partial charge < -0.3 is 10.6 Å². The van der Waals surface area contributed by atoms with Gasteiger partial charge >= 0.3 is 0 Å². The van der Waals surface area contributed by atoms with Gasteiger partial charge in [-0.1, -0.05) is 0 Å². The van der Waals surface area contributed by atoms with E-state index in [4.69, 9.17) is 5.73 Å². The monoisotopic (exact) mass is 179 g/mol. The van der Waals surface area contributed by atoms with Crippen LogP contribution >= 0.6 is 0 Å². The molecule has 0 aliphatic carbocycles. The Morgan fingerprint density at radius 2 is 2.08 bits per heavy atom. The number of aromatic nitrogens is 1. The lowest BCUT2D eigenvalue weighted by molar-refractivity contribution is 0.635. The van der Waals surface area contributed by atoms with Crippen molar-refractivity contribution in [3.8, 4) is 0 Å². The van der Waals surface area contributed by atoms with Crippen LogP contribution in [-0.4, -0.2) is 24.6 Å². The van der Waals surface area contributed by atoms with Crippen molar-refractivity contribution >= 4 is 5.69 Å². The molecule has 0 saturated heterocycles. The fourth-order valence-electron chi connectivity index (χ4n) is 1.27. The van der Waals surface area contributed by atoms with Crippen molar-refractivity contribution in [3.05, 3.63) is 24.5 Å². The van der Waals surface area contributed by atoms with Crippen LogP contribution in [0.15, 0.2) is 24.5 Å². The van der Waals surface area contributed by atoms with Crippen LogP contribution in [0.4, 0.5) is 5.69 Å². The Hall–Kier alpha value is -1.09. The summed E-state index contributed by atoms with van der Waals surface area (Å²) in [6.07, 6.45) is 4.63. The maximum absolute atomic E-state index is 5.51. The number of nitrogens with two attached hydrogens (primary N) is 1. The van der Waals surface area contributed by atoms with E-state index >= 15 is 0 Å². The van der Waals surface area contributed by atoms with Gasteiger partial charge in [0.05, 0.1) is 0 Å². The highest BCUT2D eigenvalue weighted by molar-refractivity contribution is 5.44. The molecule has 0 amide bonds. The molecule has 1 heterocycles. The summed E-state index contributed by atoms with van der Waals surface area (Å²) in [6, 6.07) is 4.49. The van der Waals surface area contributed by atoms with E-state index in [1.807, 2.05) is 12.1 Å². The third-order valence-corrected chi connectivity index (χ3v) is 2.32. The maximum atomic E-state index is 5.51. The van der Waals surface area contributed by atoms with Gasteiger partial charge in [0.25, 0.3) is 0 Å². The van der Waals surface area contributed by atoms with Gasteiger partial charge in [-0.05, 0) is 32.0 Å². The lowest BCUT2D eigenvalue weighted by Gasteiger charge is -2.26. The van der Waals surface area contributed by atoms with Crippen LogP contribution in [0.3, 0.4) is 0 Å². The Morgan fingerprint density at radius 1 is 1.46 bits per heavy atom. The smallest absolute Gasteiger partial charge is 0.0396 e. The normalized spacial score (nSPS) is 12.5. The molecule has 0 aliphatic rings. The standard InChI is InChI=1S/C10H17N3/c1-9(3-6-11)13(2)10-4-7-12-8-5-10/h4-5,7-9H,3,6,11H2,1-2H3. The number of rotatable bonds is 4. The molecule has 72 valence electrons. The summed E-state index contributed by atoms with van der Waals surface area (Å²) in [5.41, 5.74) is 6.70. The highest BCUT2D eigenvalue weighted by Crippen LogP contribution is 2.14. The minimum Gasteiger partial charge on any atom is -0.372 e. The summed E-state index contributed by atoms with van der Waals surface area (Å²) in [6.45, 7) is 2.91. The molecule has 3 heteroatoms. The summed E-state index contributed by atoms with van der Waals surface area (Å²) in [7, 11) is 2.08. The summed E-state index contributed by atoms with van der Waals surface area (Å²) >= 11 is 0. The summed E-state index contributed by atoms with van der Waals surface area (Å²) in [4.78, 5) is 6.20. The number of hydrogen-bond acceptors (Lipinski definition) is 3. The minimum absolute atomic E-state index is 0.479. The van der Waals surface area contributed by atoms with Gasteiger partial charge in [-0.25, -0.2) is 0 Å². The van der Waals surface area contributed by atoms with E-state index in [9.17, 15) is 0 Å². The molecule has 1 rings (SSSR count). The Bertz CT molecular complexity index is 235. The van der Waals surface area contributed by atoms with Gasteiger partial charge in [-0.3, -0.25) is 4.98 Å². The molecule has 0 saturated carbocycles. The number of hydrogen-bond donors (Lipinski definition) is 1. The van der Waals surface area contributed by atoms with E-state index in [-0.39, 0.29) is 0 Å². The van der Waals surface area contributed by atoms with Crippen LogP contribution in [-0.2, 0) is 0 Å². The van der Waals surface area contributed by atoms with Crippen LogP contribution in [0.25, 0.3) is 0 Å². The second-order valence-electron chi connectivity index (χ2n) is 3.24. The molecule has 1 aromatic rings. The molecule has 3 nitrogen and oxygen atoms in total. The fraction of sp³-hybridized carbons (Fsp3) is 0.500. The number of pyridine rings is 1. The number of anilines is 1. The molecule has 1 unspecified atom stereocenters. The summed E-state index contributed by atoms with van der Waals surface area (Å²) < 4.78 is 0. The van der Waals surface area contributed by atoms with Crippen molar-refractivity contribution in [2.24, 2.45) is 5.73 Å². The highest BCUT2D eigenvalue weighted by Gasteiger charge is 2.07.